The molecule has 1 aromatic carbocycles. The second-order valence-electron chi connectivity index (χ2n) is 5.94. The van der Waals surface area contributed by atoms with Gasteiger partial charge < -0.3 is 24.7 Å². The number of nitrogens with one attached hydrogen (secondary N) is 2. The Hall–Kier alpha value is -2.47. The van der Waals surface area contributed by atoms with Gasteiger partial charge >= 0.3 is 0 Å². The molecule has 1 fully saturated rings. The van der Waals surface area contributed by atoms with Crippen LogP contribution in [0.5, 0.6) is 11.5 Å². The van der Waals surface area contributed by atoms with Crippen molar-refractivity contribution >= 4 is 0 Å². The zero-order valence-corrected chi connectivity index (χ0v) is 14.4. The topological polar surface area (TPSA) is 111 Å². The van der Waals surface area contributed by atoms with E-state index in [0.29, 0.717) is 23.7 Å². The van der Waals surface area contributed by atoms with Crippen LogP contribution < -0.4 is 26.1 Å². The molecule has 1 aromatic rings. The van der Waals surface area contributed by atoms with E-state index in [-0.39, 0.29) is 30.0 Å². The molecule has 0 aliphatic carbocycles. The van der Waals surface area contributed by atoms with Crippen LogP contribution in [0.25, 0.3) is 0 Å². The number of hydrazine groups is 1. The lowest BCUT2D eigenvalue weighted by molar-refractivity contribution is 0.0275. The third-order valence-corrected chi connectivity index (χ3v) is 4.68. The van der Waals surface area contributed by atoms with Crippen LogP contribution in [0, 0.1) is 17.2 Å². The second kappa shape index (κ2) is 7.19. The Morgan fingerprint density at radius 1 is 1.24 bits per heavy atom. The minimum absolute atomic E-state index is 0.0626. The van der Waals surface area contributed by atoms with Gasteiger partial charge in [0.25, 0.3) is 0 Å². The lowest BCUT2D eigenvalue weighted by Crippen LogP contribution is -2.42. The fourth-order valence-corrected chi connectivity index (χ4v) is 3.56. The number of hydrogen-bond acceptors (Lipinski definition) is 8. The molecule has 0 aromatic heterocycles. The summed E-state index contributed by atoms with van der Waals surface area (Å²) in [6.07, 6.45) is -0.377. The van der Waals surface area contributed by atoms with Crippen molar-refractivity contribution in [1.82, 2.24) is 10.9 Å². The Labute approximate surface area is 146 Å². The third-order valence-electron chi connectivity index (χ3n) is 4.68. The average Bonchev–Trinajstić information content (AvgIpc) is 3.02. The first kappa shape index (κ1) is 17.4. The Morgan fingerprint density at radius 2 is 2.04 bits per heavy atom. The first-order valence-corrected chi connectivity index (χ1v) is 7.92. The van der Waals surface area contributed by atoms with E-state index >= 15 is 0 Å². The minimum atomic E-state index is -0.377. The van der Waals surface area contributed by atoms with Gasteiger partial charge in [0.1, 0.15) is 17.6 Å². The summed E-state index contributed by atoms with van der Waals surface area (Å²) in [6.45, 7) is 0.457. The predicted octanol–water partition coefficient (Wildman–Crippen LogP) is 0.577. The monoisotopic (exact) mass is 346 g/mol. The highest BCUT2D eigenvalue weighted by molar-refractivity contribution is 5.50. The Morgan fingerprint density at radius 3 is 2.68 bits per heavy atom. The summed E-state index contributed by atoms with van der Waals surface area (Å²) >= 11 is 0. The van der Waals surface area contributed by atoms with Crippen LogP contribution in [-0.2, 0) is 9.47 Å². The number of allylic oxidation sites excluding steroid dienone is 1. The van der Waals surface area contributed by atoms with Gasteiger partial charge in [-0.3, -0.25) is 0 Å². The van der Waals surface area contributed by atoms with Crippen molar-refractivity contribution in [2.75, 3.05) is 27.9 Å². The van der Waals surface area contributed by atoms with Gasteiger partial charge in [-0.15, -0.1) is 0 Å². The fraction of sp³-hybridized carbons (Fsp3) is 0.471. The predicted molar refractivity (Wildman–Crippen MR) is 89.4 cm³/mol. The summed E-state index contributed by atoms with van der Waals surface area (Å²) in [5.74, 6) is 1.03. The molecular weight excluding hydrogens is 324 g/mol. The molecule has 3 rings (SSSR count). The van der Waals surface area contributed by atoms with Gasteiger partial charge in [-0.2, -0.15) is 5.26 Å². The SMILES string of the molecule is COCC1NNC2OC(N)=C(C#N)C(c3cc(OC)ccc3OC)C12. The number of nitrogens with zero attached hydrogens (tertiary/aromatic N) is 1. The smallest absolute Gasteiger partial charge is 0.200 e. The Balaban J connectivity index is 2.14. The van der Waals surface area contributed by atoms with E-state index < -0.39 is 0 Å². The molecule has 25 heavy (non-hydrogen) atoms. The molecule has 2 aliphatic heterocycles. The molecule has 8 nitrogen and oxygen atoms in total. The summed E-state index contributed by atoms with van der Waals surface area (Å²) in [5, 5.41) is 9.71. The van der Waals surface area contributed by atoms with E-state index in [1.807, 2.05) is 18.2 Å². The molecule has 4 unspecified atom stereocenters. The van der Waals surface area contributed by atoms with Gasteiger partial charge in [0.05, 0.1) is 32.4 Å². The van der Waals surface area contributed by atoms with E-state index in [1.54, 1.807) is 21.3 Å². The lowest BCUT2D eigenvalue weighted by atomic mass is 9.75. The van der Waals surface area contributed by atoms with E-state index in [2.05, 4.69) is 16.9 Å². The maximum absolute atomic E-state index is 9.71. The standard InChI is InChI=1S/C17H22N4O4/c1-22-8-12-15-14(10-6-9(23-2)4-5-13(10)24-3)11(7-18)16(19)25-17(15)21-20-12/h4-6,12,14-15,17,20-21H,8,19H2,1-3H3. The van der Waals surface area contributed by atoms with Gasteiger partial charge in [0, 0.05) is 24.5 Å². The maximum atomic E-state index is 9.71. The minimum Gasteiger partial charge on any atom is -0.497 e. The van der Waals surface area contributed by atoms with Gasteiger partial charge in [-0.1, -0.05) is 0 Å². The average molecular weight is 346 g/mol. The molecule has 0 saturated carbocycles. The molecular formula is C17H22N4O4. The normalized spacial score (nSPS) is 28.1. The Bertz CT molecular complexity index is 715. The van der Waals surface area contributed by atoms with Gasteiger partial charge in [-0.25, -0.2) is 10.9 Å². The zero-order chi connectivity index (χ0) is 18.0. The molecule has 4 N–H and O–H groups in total. The van der Waals surface area contributed by atoms with Gasteiger partial charge in [0.15, 0.2) is 6.23 Å². The number of hydrogen-bond donors (Lipinski definition) is 3. The van der Waals surface area contributed by atoms with Crippen LogP contribution in [0.1, 0.15) is 11.5 Å². The summed E-state index contributed by atoms with van der Waals surface area (Å²) < 4.78 is 21.9. The molecule has 134 valence electrons. The molecule has 0 bridgehead atoms. The third kappa shape index (κ3) is 2.98. The molecule has 8 heteroatoms. The van der Waals surface area contributed by atoms with Crippen LogP contribution in [0.15, 0.2) is 29.7 Å². The molecule has 1 saturated heterocycles. The van der Waals surface area contributed by atoms with Crippen LogP contribution in [0.3, 0.4) is 0 Å². The van der Waals surface area contributed by atoms with Crippen LogP contribution in [0.4, 0.5) is 0 Å². The van der Waals surface area contributed by atoms with Crippen molar-refractivity contribution in [3.8, 4) is 17.6 Å². The number of methoxy groups -OCH3 is 3. The Kier molecular flexibility index (Phi) is 4.99. The summed E-state index contributed by atoms with van der Waals surface area (Å²) in [7, 11) is 4.83. The van der Waals surface area contributed by atoms with Crippen LogP contribution >= 0.6 is 0 Å². The summed E-state index contributed by atoms with van der Waals surface area (Å²) in [6, 6.07) is 7.65. The van der Waals surface area contributed by atoms with E-state index in [4.69, 9.17) is 24.7 Å². The fourth-order valence-electron chi connectivity index (χ4n) is 3.56. The quantitative estimate of drug-likeness (QED) is 0.710. The number of nitriles is 1. The highest BCUT2D eigenvalue weighted by Gasteiger charge is 2.49. The number of nitrogens with two attached hydrogens (primary N) is 1. The van der Waals surface area contributed by atoms with Crippen molar-refractivity contribution in [2.24, 2.45) is 11.7 Å². The number of rotatable bonds is 5. The van der Waals surface area contributed by atoms with E-state index in [1.165, 1.54) is 0 Å². The van der Waals surface area contributed by atoms with Crippen LogP contribution in [-0.4, -0.2) is 40.2 Å². The zero-order valence-electron chi connectivity index (χ0n) is 14.4. The number of ether oxygens (including phenoxy) is 4. The molecule has 0 amide bonds. The van der Waals surface area contributed by atoms with E-state index in [0.717, 1.165) is 5.56 Å². The first-order valence-electron chi connectivity index (χ1n) is 7.92. The maximum Gasteiger partial charge on any atom is 0.200 e. The van der Waals surface area contributed by atoms with E-state index in [9.17, 15) is 5.26 Å². The van der Waals surface area contributed by atoms with Crippen molar-refractivity contribution in [1.29, 1.82) is 5.26 Å². The largest absolute Gasteiger partial charge is 0.497 e. The van der Waals surface area contributed by atoms with Crippen molar-refractivity contribution < 1.29 is 18.9 Å². The highest BCUT2D eigenvalue weighted by Crippen LogP contribution is 2.46. The first-order chi connectivity index (χ1) is 12.1. The highest BCUT2D eigenvalue weighted by atomic mass is 16.5. The summed E-state index contributed by atoms with van der Waals surface area (Å²) in [5.41, 5.74) is 13.5. The number of fused-ring (bicyclic) bond motifs is 1. The van der Waals surface area contributed by atoms with Gasteiger partial charge in [0.2, 0.25) is 5.88 Å². The number of benzene rings is 1. The second-order valence-corrected chi connectivity index (χ2v) is 5.94. The van der Waals surface area contributed by atoms with Crippen molar-refractivity contribution in [3.63, 3.8) is 0 Å². The molecule has 0 radical (unpaired) electrons. The van der Waals surface area contributed by atoms with Crippen LogP contribution in [0.2, 0.25) is 0 Å². The van der Waals surface area contributed by atoms with Gasteiger partial charge in [-0.05, 0) is 18.2 Å². The van der Waals surface area contributed by atoms with Crippen molar-refractivity contribution in [3.05, 3.63) is 35.2 Å². The lowest BCUT2D eigenvalue weighted by Gasteiger charge is -2.36. The molecule has 4 atom stereocenters. The molecule has 2 aliphatic rings. The molecule has 2 heterocycles. The van der Waals surface area contributed by atoms with Crippen molar-refractivity contribution in [2.45, 2.75) is 18.2 Å². The summed E-state index contributed by atoms with van der Waals surface area (Å²) in [4.78, 5) is 0. The molecule has 0 spiro atoms.